The molecule has 168 valence electrons. The topological polar surface area (TPSA) is 58.7 Å². The van der Waals surface area contributed by atoms with E-state index in [1.54, 1.807) is 6.92 Å². The lowest BCUT2D eigenvalue weighted by Crippen LogP contribution is -2.49. The summed E-state index contributed by atoms with van der Waals surface area (Å²) in [4.78, 5) is 2.12. The molecule has 1 aliphatic carbocycles. The van der Waals surface area contributed by atoms with Crippen LogP contribution >= 0.6 is 0 Å². The van der Waals surface area contributed by atoms with Gasteiger partial charge >= 0.3 is 6.18 Å². The van der Waals surface area contributed by atoms with Gasteiger partial charge in [-0.1, -0.05) is 26.2 Å². The first kappa shape index (κ1) is 27.3. The van der Waals surface area contributed by atoms with Crippen molar-refractivity contribution < 1.29 is 23.0 Å². The molecule has 0 bridgehead atoms. The molecule has 0 radical (unpaired) electrons. The summed E-state index contributed by atoms with van der Waals surface area (Å²) in [5, 5.41) is 10.7. The van der Waals surface area contributed by atoms with E-state index in [9.17, 15) is 18.3 Å². The Morgan fingerprint density at radius 2 is 1.66 bits per heavy atom. The van der Waals surface area contributed by atoms with Crippen molar-refractivity contribution in [3.05, 3.63) is 36.4 Å². The largest absolute Gasteiger partial charge is 0.496 e. The third-order valence-electron chi connectivity index (χ3n) is 5.26. The molecule has 1 aliphatic rings. The van der Waals surface area contributed by atoms with E-state index in [0.29, 0.717) is 36.9 Å². The number of methoxy groups -OCH3 is 1. The summed E-state index contributed by atoms with van der Waals surface area (Å²) in [6, 6.07) is 2.65. The Kier molecular flexibility index (Phi) is 11.4. The first-order valence-corrected chi connectivity index (χ1v) is 9.87. The van der Waals surface area contributed by atoms with Gasteiger partial charge in [-0.05, 0) is 52.0 Å². The van der Waals surface area contributed by atoms with Crippen LogP contribution in [0, 0.1) is 12.8 Å². The van der Waals surface area contributed by atoms with Crippen molar-refractivity contribution in [2.75, 3.05) is 33.5 Å². The van der Waals surface area contributed by atoms with Crippen LogP contribution in [0.1, 0.15) is 50.2 Å². The van der Waals surface area contributed by atoms with Gasteiger partial charge in [-0.25, -0.2) is 0 Å². The SMILES string of the molecule is C=C.CCN(C)C.COc1cc(N)c(C)cc1C(O)(C1CCCCC1)C(F)(F)F. The second-order valence-corrected chi connectivity index (χ2v) is 7.40. The van der Waals surface area contributed by atoms with Gasteiger partial charge in [0, 0.05) is 23.2 Å². The molecular formula is C22H37F3N2O2. The molecule has 1 aromatic rings. The lowest BCUT2D eigenvalue weighted by atomic mass is 9.72. The average Bonchev–Trinajstić information content (AvgIpc) is 2.70. The van der Waals surface area contributed by atoms with Gasteiger partial charge in [-0.3, -0.25) is 0 Å². The minimum absolute atomic E-state index is 0.0199. The molecule has 2 rings (SSSR count). The second kappa shape index (κ2) is 12.1. The van der Waals surface area contributed by atoms with E-state index in [2.05, 4.69) is 39.1 Å². The average molecular weight is 419 g/mol. The van der Waals surface area contributed by atoms with Crippen molar-refractivity contribution in [2.45, 2.75) is 57.7 Å². The Labute approximate surface area is 173 Å². The Morgan fingerprint density at radius 3 is 2.03 bits per heavy atom. The number of hydrogen-bond donors (Lipinski definition) is 2. The zero-order valence-corrected chi connectivity index (χ0v) is 18.4. The van der Waals surface area contributed by atoms with Gasteiger partial charge in [-0.2, -0.15) is 13.2 Å². The number of benzene rings is 1. The van der Waals surface area contributed by atoms with Crippen LogP contribution in [-0.2, 0) is 5.60 Å². The number of halogens is 3. The number of nitrogen functional groups attached to an aromatic ring is 1. The minimum Gasteiger partial charge on any atom is -0.496 e. The molecule has 1 fully saturated rings. The number of ether oxygens (including phenoxy) is 1. The summed E-state index contributed by atoms with van der Waals surface area (Å²) >= 11 is 0. The second-order valence-electron chi connectivity index (χ2n) is 7.40. The van der Waals surface area contributed by atoms with E-state index in [-0.39, 0.29) is 11.3 Å². The van der Waals surface area contributed by atoms with E-state index < -0.39 is 17.7 Å². The highest BCUT2D eigenvalue weighted by atomic mass is 19.4. The highest BCUT2D eigenvalue weighted by Crippen LogP contribution is 2.52. The Balaban J connectivity index is 0.000000977. The number of aryl methyl sites for hydroxylation is 1. The molecule has 1 aromatic carbocycles. The number of rotatable bonds is 4. The molecule has 3 N–H and O–H groups in total. The summed E-state index contributed by atoms with van der Waals surface area (Å²) in [5.74, 6) is -0.883. The van der Waals surface area contributed by atoms with Gasteiger partial charge in [0.05, 0.1) is 7.11 Å². The fourth-order valence-electron chi connectivity index (χ4n) is 3.29. The lowest BCUT2D eigenvalue weighted by Gasteiger charge is -2.40. The maximum Gasteiger partial charge on any atom is 0.421 e. The molecule has 0 spiro atoms. The standard InChI is InChI=1S/C16H22F3NO2.C4H11N.C2H4/c1-10-8-12(14(22-2)9-13(10)20)15(21,16(17,18)19)11-6-4-3-5-7-11;1-4-5(2)3;1-2/h8-9,11,21H,3-7,20H2,1-2H3;4H2,1-3H3;1-2H2. The molecule has 0 aliphatic heterocycles. The van der Waals surface area contributed by atoms with Crippen LogP contribution in [0.5, 0.6) is 5.75 Å². The smallest absolute Gasteiger partial charge is 0.421 e. The van der Waals surface area contributed by atoms with Crippen molar-refractivity contribution in [1.29, 1.82) is 0 Å². The van der Waals surface area contributed by atoms with Crippen LogP contribution < -0.4 is 10.5 Å². The normalized spacial score (nSPS) is 16.8. The van der Waals surface area contributed by atoms with Crippen molar-refractivity contribution in [3.63, 3.8) is 0 Å². The van der Waals surface area contributed by atoms with Crippen LogP contribution in [0.2, 0.25) is 0 Å². The predicted octanol–water partition coefficient (Wildman–Crippen LogP) is 5.29. The first-order chi connectivity index (χ1) is 13.5. The van der Waals surface area contributed by atoms with Gasteiger partial charge in [0.15, 0.2) is 5.60 Å². The van der Waals surface area contributed by atoms with Crippen molar-refractivity contribution in [3.8, 4) is 5.75 Å². The zero-order chi connectivity index (χ0) is 22.8. The molecule has 0 aromatic heterocycles. The zero-order valence-electron chi connectivity index (χ0n) is 18.4. The lowest BCUT2D eigenvalue weighted by molar-refractivity contribution is -0.290. The number of nitrogens with two attached hydrogens (primary N) is 1. The van der Waals surface area contributed by atoms with Crippen LogP contribution in [0.15, 0.2) is 25.3 Å². The maximum absolute atomic E-state index is 13.8. The Bertz CT molecular complexity index is 615. The summed E-state index contributed by atoms with van der Waals surface area (Å²) in [6.45, 7) is 10.9. The fraction of sp³-hybridized carbons (Fsp3) is 0.636. The third-order valence-corrected chi connectivity index (χ3v) is 5.26. The number of aliphatic hydroxyl groups is 1. The van der Waals surface area contributed by atoms with Gasteiger partial charge in [0.2, 0.25) is 0 Å². The highest BCUT2D eigenvalue weighted by Gasteiger charge is 2.60. The molecule has 4 nitrogen and oxygen atoms in total. The maximum atomic E-state index is 13.8. The van der Waals surface area contributed by atoms with Crippen molar-refractivity contribution >= 4 is 5.69 Å². The number of alkyl halides is 3. The molecule has 0 heterocycles. The quantitative estimate of drug-likeness (QED) is 0.515. The van der Waals surface area contributed by atoms with Crippen molar-refractivity contribution in [2.24, 2.45) is 5.92 Å². The summed E-state index contributed by atoms with van der Waals surface area (Å²) in [6.07, 6.45) is -1.78. The Hall–Kier alpha value is -1.73. The van der Waals surface area contributed by atoms with E-state index >= 15 is 0 Å². The number of nitrogens with zero attached hydrogens (tertiary/aromatic N) is 1. The van der Waals surface area contributed by atoms with Gasteiger partial charge < -0.3 is 20.5 Å². The number of anilines is 1. The Morgan fingerprint density at radius 1 is 1.17 bits per heavy atom. The molecule has 29 heavy (non-hydrogen) atoms. The van der Waals surface area contributed by atoms with Crippen molar-refractivity contribution in [1.82, 2.24) is 4.90 Å². The molecule has 7 heteroatoms. The molecule has 1 unspecified atom stereocenters. The molecular weight excluding hydrogens is 381 g/mol. The highest BCUT2D eigenvalue weighted by molar-refractivity contribution is 5.56. The fourth-order valence-corrected chi connectivity index (χ4v) is 3.29. The van der Waals surface area contributed by atoms with Gasteiger partial charge in [0.25, 0.3) is 0 Å². The monoisotopic (exact) mass is 418 g/mol. The number of hydrogen-bond acceptors (Lipinski definition) is 4. The predicted molar refractivity (Wildman–Crippen MR) is 114 cm³/mol. The van der Waals surface area contributed by atoms with Gasteiger partial charge in [0.1, 0.15) is 5.75 Å². The first-order valence-electron chi connectivity index (χ1n) is 9.87. The van der Waals surface area contributed by atoms with Gasteiger partial charge in [-0.15, -0.1) is 13.2 Å². The molecule has 0 saturated heterocycles. The summed E-state index contributed by atoms with van der Waals surface area (Å²) < 4.78 is 46.4. The van der Waals surface area contributed by atoms with E-state index in [0.717, 1.165) is 13.0 Å². The van der Waals surface area contributed by atoms with Crippen LogP contribution in [0.4, 0.5) is 18.9 Å². The summed E-state index contributed by atoms with van der Waals surface area (Å²) in [7, 11) is 5.39. The van der Waals surface area contributed by atoms with E-state index in [1.165, 1.54) is 19.2 Å². The summed E-state index contributed by atoms with van der Waals surface area (Å²) in [5.41, 5.74) is 3.45. The third kappa shape index (κ3) is 6.93. The van der Waals surface area contributed by atoms with Crippen LogP contribution in [0.25, 0.3) is 0 Å². The molecule has 1 saturated carbocycles. The molecule has 1 atom stereocenters. The molecule has 0 amide bonds. The van der Waals surface area contributed by atoms with E-state index in [1.807, 2.05) is 0 Å². The minimum atomic E-state index is -4.77. The van der Waals surface area contributed by atoms with Crippen LogP contribution in [0.3, 0.4) is 0 Å². The van der Waals surface area contributed by atoms with E-state index in [4.69, 9.17) is 10.5 Å². The van der Waals surface area contributed by atoms with Crippen LogP contribution in [-0.4, -0.2) is 43.9 Å².